The molecule has 0 spiro atoms. The summed E-state index contributed by atoms with van der Waals surface area (Å²) in [6.07, 6.45) is 0. The molecule has 2 saturated heterocycles. The van der Waals surface area contributed by atoms with E-state index in [4.69, 9.17) is 4.74 Å². The number of benzene rings is 1. The Kier molecular flexibility index (Phi) is 3.22. The fourth-order valence-corrected chi connectivity index (χ4v) is 3.16. The molecule has 2 heterocycles. The molecule has 1 aromatic rings. The van der Waals surface area contributed by atoms with Gasteiger partial charge in [-0.3, -0.25) is 4.90 Å². The van der Waals surface area contributed by atoms with Crippen molar-refractivity contribution in [2.75, 3.05) is 33.3 Å². The van der Waals surface area contributed by atoms with Crippen molar-refractivity contribution in [2.45, 2.75) is 6.54 Å². The first-order chi connectivity index (χ1) is 8.78. The first-order valence-corrected chi connectivity index (χ1v) is 6.52. The average Bonchev–Trinajstić information content (AvgIpc) is 2.92. The third kappa shape index (κ3) is 2.10. The van der Waals surface area contributed by atoms with Crippen LogP contribution in [0.15, 0.2) is 18.2 Å². The van der Waals surface area contributed by atoms with Crippen molar-refractivity contribution >= 4 is 0 Å². The number of nitrogens with zero attached hydrogens (tertiary/aromatic N) is 1. The predicted octanol–water partition coefficient (Wildman–Crippen LogP) is 1.49. The van der Waals surface area contributed by atoms with Crippen LogP contribution in [0.2, 0.25) is 0 Å². The molecule has 2 atom stereocenters. The second kappa shape index (κ2) is 4.86. The summed E-state index contributed by atoms with van der Waals surface area (Å²) in [5.41, 5.74) is 0.738. The van der Waals surface area contributed by atoms with E-state index < -0.39 is 0 Å². The van der Waals surface area contributed by atoms with Gasteiger partial charge in [-0.25, -0.2) is 4.39 Å². The van der Waals surface area contributed by atoms with E-state index >= 15 is 0 Å². The third-order valence-electron chi connectivity index (χ3n) is 4.12. The van der Waals surface area contributed by atoms with Crippen molar-refractivity contribution in [1.82, 2.24) is 10.2 Å². The van der Waals surface area contributed by atoms with Crippen molar-refractivity contribution in [3.63, 3.8) is 0 Å². The summed E-state index contributed by atoms with van der Waals surface area (Å²) in [6, 6.07) is 5.38. The Bertz CT molecular complexity index is 426. The molecule has 2 aliphatic rings. The van der Waals surface area contributed by atoms with Crippen LogP contribution in [0.25, 0.3) is 0 Å². The van der Waals surface area contributed by atoms with Crippen LogP contribution in [0.3, 0.4) is 0 Å². The Morgan fingerprint density at radius 2 is 2.06 bits per heavy atom. The number of rotatable bonds is 3. The lowest BCUT2D eigenvalue weighted by Crippen LogP contribution is -2.25. The van der Waals surface area contributed by atoms with Crippen LogP contribution >= 0.6 is 0 Å². The number of methoxy groups -OCH3 is 1. The highest BCUT2D eigenvalue weighted by Gasteiger charge is 2.36. The molecule has 0 radical (unpaired) electrons. The number of ether oxygens (including phenoxy) is 1. The molecule has 0 bridgehead atoms. The summed E-state index contributed by atoms with van der Waals surface area (Å²) in [6.45, 7) is 5.07. The van der Waals surface area contributed by atoms with Gasteiger partial charge in [-0.15, -0.1) is 0 Å². The highest BCUT2D eigenvalue weighted by molar-refractivity contribution is 5.31. The molecule has 3 rings (SSSR count). The van der Waals surface area contributed by atoms with Crippen LogP contribution in [0, 0.1) is 17.7 Å². The van der Waals surface area contributed by atoms with Gasteiger partial charge in [-0.2, -0.15) is 0 Å². The van der Waals surface area contributed by atoms with Gasteiger partial charge in [0.1, 0.15) is 0 Å². The minimum absolute atomic E-state index is 0.213. The largest absolute Gasteiger partial charge is 0.494 e. The zero-order valence-corrected chi connectivity index (χ0v) is 10.7. The minimum Gasteiger partial charge on any atom is -0.494 e. The molecular weight excluding hydrogens is 231 g/mol. The molecule has 0 saturated carbocycles. The number of halogens is 1. The molecule has 0 aromatic heterocycles. The monoisotopic (exact) mass is 250 g/mol. The first kappa shape index (κ1) is 11.9. The van der Waals surface area contributed by atoms with Gasteiger partial charge in [-0.1, -0.05) is 12.1 Å². The Morgan fingerprint density at radius 3 is 2.72 bits per heavy atom. The van der Waals surface area contributed by atoms with Crippen molar-refractivity contribution in [2.24, 2.45) is 11.8 Å². The number of likely N-dealkylation sites (tertiary alicyclic amines) is 1. The van der Waals surface area contributed by atoms with Gasteiger partial charge in [-0.05, 0) is 31.0 Å². The van der Waals surface area contributed by atoms with Gasteiger partial charge in [0.25, 0.3) is 0 Å². The Hall–Kier alpha value is -1.13. The standard InChI is InChI=1S/C14H19FN2O/c1-18-13-4-2-3-10(14(13)15)7-17-8-11-5-16-6-12(11)9-17/h2-4,11-12,16H,5-9H2,1H3/t11-,12+. The van der Waals surface area contributed by atoms with E-state index in [9.17, 15) is 4.39 Å². The van der Waals surface area contributed by atoms with Crippen molar-refractivity contribution in [1.29, 1.82) is 0 Å². The number of hydrogen-bond acceptors (Lipinski definition) is 3. The molecule has 4 heteroatoms. The van der Waals surface area contributed by atoms with Gasteiger partial charge in [0.15, 0.2) is 11.6 Å². The summed E-state index contributed by atoms with van der Waals surface area (Å²) >= 11 is 0. The van der Waals surface area contributed by atoms with Gasteiger partial charge in [0, 0.05) is 25.2 Å². The number of hydrogen-bond donors (Lipinski definition) is 1. The zero-order valence-electron chi connectivity index (χ0n) is 10.7. The van der Waals surface area contributed by atoms with Crippen molar-refractivity contribution in [3.05, 3.63) is 29.6 Å². The summed E-state index contributed by atoms with van der Waals surface area (Å²) in [7, 11) is 1.51. The smallest absolute Gasteiger partial charge is 0.169 e. The molecule has 2 aliphatic heterocycles. The second-order valence-electron chi connectivity index (χ2n) is 5.31. The fourth-order valence-electron chi connectivity index (χ4n) is 3.16. The van der Waals surface area contributed by atoms with Gasteiger partial charge in [0.05, 0.1) is 7.11 Å². The number of fused-ring (bicyclic) bond motifs is 1. The van der Waals surface area contributed by atoms with Crippen LogP contribution in [0.5, 0.6) is 5.75 Å². The van der Waals surface area contributed by atoms with E-state index in [1.807, 2.05) is 12.1 Å². The lowest BCUT2D eigenvalue weighted by Gasteiger charge is -2.18. The molecule has 2 fully saturated rings. The lowest BCUT2D eigenvalue weighted by atomic mass is 10.0. The summed E-state index contributed by atoms with van der Waals surface area (Å²) < 4.78 is 19.1. The van der Waals surface area contributed by atoms with E-state index in [1.54, 1.807) is 6.07 Å². The molecule has 1 aromatic carbocycles. The summed E-state index contributed by atoms with van der Waals surface area (Å²) in [5, 5.41) is 3.42. The van der Waals surface area contributed by atoms with E-state index in [1.165, 1.54) is 7.11 Å². The molecule has 98 valence electrons. The van der Waals surface area contributed by atoms with Crippen molar-refractivity contribution in [3.8, 4) is 5.75 Å². The Balaban J connectivity index is 1.70. The molecular formula is C14H19FN2O. The maximum absolute atomic E-state index is 14.1. The van der Waals surface area contributed by atoms with Crippen LogP contribution in [-0.4, -0.2) is 38.2 Å². The highest BCUT2D eigenvalue weighted by atomic mass is 19.1. The molecule has 1 N–H and O–H groups in total. The van der Waals surface area contributed by atoms with Crippen LogP contribution in [0.1, 0.15) is 5.56 Å². The number of nitrogens with one attached hydrogen (secondary N) is 1. The maximum Gasteiger partial charge on any atom is 0.169 e. The first-order valence-electron chi connectivity index (χ1n) is 6.52. The predicted molar refractivity (Wildman–Crippen MR) is 68.1 cm³/mol. The molecule has 18 heavy (non-hydrogen) atoms. The maximum atomic E-state index is 14.1. The molecule has 3 nitrogen and oxygen atoms in total. The Morgan fingerprint density at radius 1 is 1.33 bits per heavy atom. The third-order valence-corrected chi connectivity index (χ3v) is 4.12. The van der Waals surface area contributed by atoms with Crippen LogP contribution in [0.4, 0.5) is 4.39 Å². The van der Waals surface area contributed by atoms with E-state index in [2.05, 4.69) is 10.2 Å². The molecule has 0 unspecified atom stereocenters. The normalized spacial score (nSPS) is 27.4. The zero-order chi connectivity index (χ0) is 12.5. The van der Waals surface area contributed by atoms with E-state index in [-0.39, 0.29) is 5.82 Å². The summed E-state index contributed by atoms with van der Waals surface area (Å²) in [4.78, 5) is 2.36. The average molecular weight is 250 g/mol. The minimum atomic E-state index is -0.213. The topological polar surface area (TPSA) is 24.5 Å². The second-order valence-corrected chi connectivity index (χ2v) is 5.31. The molecule has 0 amide bonds. The van der Waals surface area contributed by atoms with Gasteiger partial charge < -0.3 is 10.1 Å². The van der Waals surface area contributed by atoms with Crippen LogP contribution in [-0.2, 0) is 6.54 Å². The van der Waals surface area contributed by atoms with Gasteiger partial charge in [0.2, 0.25) is 0 Å². The van der Waals surface area contributed by atoms with Crippen LogP contribution < -0.4 is 10.1 Å². The van der Waals surface area contributed by atoms with E-state index in [0.717, 1.165) is 43.6 Å². The fraction of sp³-hybridized carbons (Fsp3) is 0.571. The molecule has 0 aliphatic carbocycles. The van der Waals surface area contributed by atoms with Crippen molar-refractivity contribution < 1.29 is 9.13 Å². The highest BCUT2D eigenvalue weighted by Crippen LogP contribution is 2.29. The quantitative estimate of drug-likeness (QED) is 0.879. The SMILES string of the molecule is COc1cccc(CN2C[C@H]3CNC[C@H]3C2)c1F. The lowest BCUT2D eigenvalue weighted by molar-refractivity contribution is 0.297. The van der Waals surface area contributed by atoms with E-state index in [0.29, 0.717) is 12.3 Å². The summed E-state index contributed by atoms with van der Waals surface area (Å²) in [5.74, 6) is 1.63. The van der Waals surface area contributed by atoms with Gasteiger partial charge >= 0.3 is 0 Å². The Labute approximate surface area is 107 Å².